The van der Waals surface area contributed by atoms with Crippen LogP contribution in [0.4, 0.5) is 5.69 Å². The SMILES string of the molecule is CCNC(=O)c1ccc(N)c(OCc2cccs2)c1. The molecule has 100 valence electrons. The average molecular weight is 276 g/mol. The molecule has 3 N–H and O–H groups in total. The lowest BCUT2D eigenvalue weighted by Gasteiger charge is -2.10. The predicted molar refractivity (Wildman–Crippen MR) is 77.5 cm³/mol. The number of nitrogens with two attached hydrogens (primary N) is 1. The molecule has 1 aromatic heterocycles. The molecule has 0 saturated carbocycles. The summed E-state index contributed by atoms with van der Waals surface area (Å²) in [6.45, 7) is 2.93. The second kappa shape index (κ2) is 6.24. The highest BCUT2D eigenvalue weighted by atomic mass is 32.1. The van der Waals surface area contributed by atoms with Gasteiger partial charge in [-0.25, -0.2) is 0 Å². The maximum atomic E-state index is 11.7. The summed E-state index contributed by atoms with van der Waals surface area (Å²) in [7, 11) is 0. The summed E-state index contributed by atoms with van der Waals surface area (Å²) in [5.41, 5.74) is 6.93. The summed E-state index contributed by atoms with van der Waals surface area (Å²) in [6, 6.07) is 9.02. The van der Waals surface area contributed by atoms with E-state index in [0.29, 0.717) is 30.2 Å². The lowest BCUT2D eigenvalue weighted by atomic mass is 10.2. The van der Waals surface area contributed by atoms with Crippen LogP contribution in [0.25, 0.3) is 0 Å². The minimum Gasteiger partial charge on any atom is -0.486 e. The van der Waals surface area contributed by atoms with Crippen LogP contribution < -0.4 is 15.8 Å². The van der Waals surface area contributed by atoms with Crippen LogP contribution >= 0.6 is 11.3 Å². The number of rotatable bonds is 5. The van der Waals surface area contributed by atoms with Gasteiger partial charge in [0.25, 0.3) is 5.91 Å². The van der Waals surface area contributed by atoms with Crippen LogP contribution in [0.15, 0.2) is 35.7 Å². The van der Waals surface area contributed by atoms with Gasteiger partial charge in [0.05, 0.1) is 5.69 Å². The number of amides is 1. The number of nitrogens with one attached hydrogen (secondary N) is 1. The van der Waals surface area contributed by atoms with Crippen molar-refractivity contribution in [2.24, 2.45) is 0 Å². The molecule has 0 bridgehead atoms. The first kappa shape index (κ1) is 13.4. The third-order valence-electron chi connectivity index (χ3n) is 2.56. The van der Waals surface area contributed by atoms with Gasteiger partial charge in [-0.1, -0.05) is 6.07 Å². The zero-order valence-electron chi connectivity index (χ0n) is 10.7. The third kappa shape index (κ3) is 3.48. The predicted octanol–water partition coefficient (Wildman–Crippen LogP) is 2.66. The van der Waals surface area contributed by atoms with Crippen LogP contribution in [-0.4, -0.2) is 12.5 Å². The molecule has 2 aromatic rings. The minimum absolute atomic E-state index is 0.122. The second-order valence-corrected chi connectivity index (χ2v) is 5.01. The lowest BCUT2D eigenvalue weighted by Crippen LogP contribution is -2.22. The highest BCUT2D eigenvalue weighted by molar-refractivity contribution is 7.09. The van der Waals surface area contributed by atoms with Crippen LogP contribution in [0.2, 0.25) is 0 Å². The van der Waals surface area contributed by atoms with E-state index in [4.69, 9.17) is 10.5 Å². The fourth-order valence-electron chi connectivity index (χ4n) is 1.61. The van der Waals surface area contributed by atoms with Crippen molar-refractivity contribution < 1.29 is 9.53 Å². The molecule has 0 fully saturated rings. The van der Waals surface area contributed by atoms with Gasteiger partial charge in [-0.3, -0.25) is 4.79 Å². The van der Waals surface area contributed by atoms with E-state index < -0.39 is 0 Å². The number of ether oxygens (including phenoxy) is 1. The average Bonchev–Trinajstić information content (AvgIpc) is 2.91. The monoisotopic (exact) mass is 276 g/mol. The van der Waals surface area contributed by atoms with Gasteiger partial charge in [0, 0.05) is 17.0 Å². The fraction of sp³-hybridized carbons (Fsp3) is 0.214. The van der Waals surface area contributed by atoms with Gasteiger partial charge >= 0.3 is 0 Å². The zero-order valence-corrected chi connectivity index (χ0v) is 11.5. The summed E-state index contributed by atoms with van der Waals surface area (Å²) >= 11 is 1.62. The van der Waals surface area contributed by atoms with Crippen molar-refractivity contribution in [3.05, 3.63) is 46.2 Å². The summed E-state index contributed by atoms with van der Waals surface area (Å²) in [5, 5.41) is 4.74. The van der Waals surface area contributed by atoms with Crippen molar-refractivity contribution in [2.75, 3.05) is 12.3 Å². The van der Waals surface area contributed by atoms with Crippen LogP contribution in [0.3, 0.4) is 0 Å². The van der Waals surface area contributed by atoms with Crippen LogP contribution in [-0.2, 0) is 6.61 Å². The molecule has 1 amide bonds. The first-order valence-corrected chi connectivity index (χ1v) is 6.91. The van der Waals surface area contributed by atoms with E-state index >= 15 is 0 Å². The number of nitrogen functional groups attached to an aromatic ring is 1. The van der Waals surface area contributed by atoms with Crippen molar-refractivity contribution in [3.63, 3.8) is 0 Å². The summed E-state index contributed by atoms with van der Waals surface area (Å²) in [5.74, 6) is 0.417. The Balaban J connectivity index is 2.10. The van der Waals surface area contributed by atoms with Crippen molar-refractivity contribution in [3.8, 4) is 5.75 Å². The van der Waals surface area contributed by atoms with E-state index in [1.807, 2.05) is 24.4 Å². The van der Waals surface area contributed by atoms with E-state index in [1.165, 1.54) is 0 Å². The first-order chi connectivity index (χ1) is 9.20. The number of hydrogen-bond donors (Lipinski definition) is 2. The maximum Gasteiger partial charge on any atom is 0.251 e. The minimum atomic E-state index is -0.122. The van der Waals surface area contributed by atoms with Crippen molar-refractivity contribution in [2.45, 2.75) is 13.5 Å². The second-order valence-electron chi connectivity index (χ2n) is 3.98. The molecule has 1 heterocycles. The van der Waals surface area contributed by atoms with Crippen LogP contribution in [0, 0.1) is 0 Å². The molecular formula is C14H16N2O2S. The number of hydrogen-bond acceptors (Lipinski definition) is 4. The third-order valence-corrected chi connectivity index (χ3v) is 3.41. The molecule has 0 saturated heterocycles. The Morgan fingerprint density at radius 3 is 2.95 bits per heavy atom. The molecule has 0 aliphatic rings. The molecule has 19 heavy (non-hydrogen) atoms. The Hall–Kier alpha value is -2.01. The Morgan fingerprint density at radius 1 is 1.42 bits per heavy atom. The molecule has 0 spiro atoms. The van der Waals surface area contributed by atoms with Gasteiger partial charge < -0.3 is 15.8 Å². The van der Waals surface area contributed by atoms with Crippen LogP contribution in [0.5, 0.6) is 5.75 Å². The maximum absolute atomic E-state index is 11.7. The van der Waals surface area contributed by atoms with Gasteiger partial charge in [-0.05, 0) is 36.6 Å². The number of carbonyl (C=O) groups is 1. The largest absolute Gasteiger partial charge is 0.486 e. The van der Waals surface area contributed by atoms with Crippen LogP contribution in [0.1, 0.15) is 22.2 Å². The van der Waals surface area contributed by atoms with Gasteiger partial charge in [-0.2, -0.15) is 0 Å². The molecular weight excluding hydrogens is 260 g/mol. The van der Waals surface area contributed by atoms with Crippen molar-refractivity contribution >= 4 is 22.9 Å². The molecule has 0 radical (unpaired) electrons. The van der Waals surface area contributed by atoms with Gasteiger partial charge in [0.2, 0.25) is 0 Å². The molecule has 0 aliphatic heterocycles. The standard InChI is InChI=1S/C14H16N2O2S/c1-2-16-14(17)10-5-6-12(15)13(8-10)18-9-11-4-3-7-19-11/h3-8H,2,9,15H2,1H3,(H,16,17). The summed E-state index contributed by atoms with van der Waals surface area (Å²) in [4.78, 5) is 12.8. The van der Waals surface area contributed by atoms with E-state index in [-0.39, 0.29) is 5.91 Å². The fourth-order valence-corrected chi connectivity index (χ4v) is 2.22. The molecule has 2 rings (SSSR count). The Kier molecular flexibility index (Phi) is 4.41. The number of anilines is 1. The first-order valence-electron chi connectivity index (χ1n) is 6.03. The molecule has 0 unspecified atom stereocenters. The Labute approximate surface area is 116 Å². The van der Waals surface area contributed by atoms with Gasteiger partial charge in [0.15, 0.2) is 0 Å². The summed E-state index contributed by atoms with van der Waals surface area (Å²) < 4.78 is 5.66. The highest BCUT2D eigenvalue weighted by Crippen LogP contribution is 2.24. The summed E-state index contributed by atoms with van der Waals surface area (Å²) in [6.07, 6.45) is 0. The quantitative estimate of drug-likeness (QED) is 0.825. The molecule has 1 aromatic carbocycles. The van der Waals surface area contributed by atoms with E-state index in [2.05, 4.69) is 5.32 Å². The van der Waals surface area contributed by atoms with Gasteiger partial charge in [0.1, 0.15) is 12.4 Å². The number of carbonyl (C=O) groups excluding carboxylic acids is 1. The number of benzene rings is 1. The van der Waals surface area contributed by atoms with E-state index in [1.54, 1.807) is 29.5 Å². The van der Waals surface area contributed by atoms with Crippen molar-refractivity contribution in [1.29, 1.82) is 0 Å². The smallest absolute Gasteiger partial charge is 0.251 e. The molecule has 0 aliphatic carbocycles. The number of thiophene rings is 1. The van der Waals surface area contributed by atoms with Gasteiger partial charge in [-0.15, -0.1) is 11.3 Å². The van der Waals surface area contributed by atoms with E-state index in [9.17, 15) is 4.79 Å². The highest BCUT2D eigenvalue weighted by Gasteiger charge is 2.08. The van der Waals surface area contributed by atoms with E-state index in [0.717, 1.165) is 4.88 Å². The normalized spacial score (nSPS) is 10.2. The molecule has 0 atom stereocenters. The van der Waals surface area contributed by atoms with Crippen molar-refractivity contribution in [1.82, 2.24) is 5.32 Å². The topological polar surface area (TPSA) is 64.4 Å². The zero-order chi connectivity index (χ0) is 13.7. The lowest BCUT2D eigenvalue weighted by molar-refractivity contribution is 0.0955. The Morgan fingerprint density at radius 2 is 2.26 bits per heavy atom. The molecule has 5 heteroatoms. The Bertz CT molecular complexity index is 553. The molecule has 4 nitrogen and oxygen atoms in total.